The lowest BCUT2D eigenvalue weighted by molar-refractivity contribution is -0.135. The molecule has 1 aromatic heterocycles. The number of benzene rings is 1. The van der Waals surface area contributed by atoms with Gasteiger partial charge < -0.3 is 14.2 Å². The van der Waals surface area contributed by atoms with Crippen LogP contribution in [0, 0.1) is 5.92 Å². The van der Waals surface area contributed by atoms with Crippen molar-refractivity contribution in [1.29, 1.82) is 0 Å². The zero-order chi connectivity index (χ0) is 23.4. The van der Waals surface area contributed by atoms with Crippen molar-refractivity contribution >= 4 is 52.0 Å². The smallest absolute Gasteiger partial charge is 0.289 e. The highest BCUT2D eigenvalue weighted by Crippen LogP contribution is 2.23. The molecule has 33 heavy (non-hydrogen) atoms. The van der Waals surface area contributed by atoms with Crippen LogP contribution in [0.2, 0.25) is 5.02 Å². The number of aliphatic imine (C=N–C) groups is 2. The highest BCUT2D eigenvalue weighted by atomic mass is 35.5. The zero-order valence-corrected chi connectivity index (χ0v) is 19.6. The second-order valence-corrected chi connectivity index (χ2v) is 9.19. The van der Waals surface area contributed by atoms with Crippen LogP contribution in [0.4, 0.5) is 0 Å². The number of carbonyl (C=O) groups is 3. The Morgan fingerprint density at radius 3 is 2.55 bits per heavy atom. The van der Waals surface area contributed by atoms with Crippen LogP contribution in [0.5, 0.6) is 0 Å². The number of halogens is 1. The van der Waals surface area contributed by atoms with Crippen molar-refractivity contribution in [1.82, 2.24) is 9.80 Å². The first-order valence-electron chi connectivity index (χ1n) is 10.6. The molecule has 8 nitrogen and oxygen atoms in total. The van der Waals surface area contributed by atoms with E-state index in [2.05, 4.69) is 9.98 Å². The van der Waals surface area contributed by atoms with E-state index in [1.54, 1.807) is 34.9 Å². The van der Waals surface area contributed by atoms with Crippen LogP contribution in [0.1, 0.15) is 29.5 Å². The van der Waals surface area contributed by atoms with E-state index in [9.17, 15) is 14.4 Å². The number of hydrogen-bond donors (Lipinski definition) is 0. The molecule has 0 spiro atoms. The van der Waals surface area contributed by atoms with Crippen LogP contribution in [0.15, 0.2) is 57.1 Å². The quantitative estimate of drug-likeness (QED) is 0.644. The molecule has 1 saturated heterocycles. The molecular weight excluding hydrogens is 464 g/mol. The Kier molecular flexibility index (Phi) is 7.29. The number of furan rings is 1. The van der Waals surface area contributed by atoms with Crippen LogP contribution < -0.4 is 0 Å². The van der Waals surface area contributed by atoms with Crippen molar-refractivity contribution < 1.29 is 18.8 Å². The summed E-state index contributed by atoms with van der Waals surface area (Å²) >= 11 is 7.37. The minimum absolute atomic E-state index is 0.0238. The van der Waals surface area contributed by atoms with Crippen molar-refractivity contribution in [2.45, 2.75) is 19.1 Å². The van der Waals surface area contributed by atoms with Gasteiger partial charge in [-0.1, -0.05) is 35.5 Å². The summed E-state index contributed by atoms with van der Waals surface area (Å²) in [4.78, 5) is 49.7. The Hall–Kier alpha value is -2.91. The third-order valence-corrected chi connectivity index (χ3v) is 6.72. The third-order valence-electron chi connectivity index (χ3n) is 5.57. The lowest BCUT2D eigenvalue weighted by Crippen LogP contribution is -2.51. The molecule has 0 saturated carbocycles. The lowest BCUT2D eigenvalue weighted by atomic mass is 9.97. The minimum atomic E-state index is -0.657. The first-order chi connectivity index (χ1) is 15.9. The highest BCUT2D eigenvalue weighted by molar-refractivity contribution is 8.13. The number of amides is 3. The molecule has 1 atom stereocenters. The molecule has 0 radical (unpaired) electrons. The van der Waals surface area contributed by atoms with E-state index in [0.29, 0.717) is 47.8 Å². The largest absolute Gasteiger partial charge is 0.459 e. The van der Waals surface area contributed by atoms with Crippen molar-refractivity contribution in [3.05, 3.63) is 59.0 Å². The van der Waals surface area contributed by atoms with Gasteiger partial charge in [-0.15, -0.1) is 0 Å². The van der Waals surface area contributed by atoms with Gasteiger partial charge in [0.05, 0.1) is 12.2 Å². The summed E-state index contributed by atoms with van der Waals surface area (Å²) < 4.78 is 5.16. The minimum Gasteiger partial charge on any atom is -0.459 e. The number of nitrogens with zero attached hydrogens (tertiary/aromatic N) is 4. The van der Waals surface area contributed by atoms with Crippen molar-refractivity contribution in [3.63, 3.8) is 0 Å². The molecule has 2 aliphatic rings. The Labute approximate surface area is 200 Å². The van der Waals surface area contributed by atoms with Crippen LogP contribution in [-0.2, 0) is 15.3 Å². The number of rotatable bonds is 5. The molecule has 2 aliphatic heterocycles. The second kappa shape index (κ2) is 10.4. The predicted octanol–water partition coefficient (Wildman–Crippen LogP) is 3.51. The van der Waals surface area contributed by atoms with Gasteiger partial charge in [-0.25, -0.2) is 4.99 Å². The maximum atomic E-state index is 12.8. The normalized spacial score (nSPS) is 18.7. The molecule has 3 amide bonds. The zero-order valence-electron chi connectivity index (χ0n) is 18.1. The number of thioether (sulfide) groups is 1. The van der Waals surface area contributed by atoms with Crippen LogP contribution in [0.3, 0.4) is 0 Å². The van der Waals surface area contributed by atoms with Gasteiger partial charge in [-0.05, 0) is 36.8 Å². The van der Waals surface area contributed by atoms with Gasteiger partial charge in [-0.2, -0.15) is 4.99 Å². The molecule has 3 heterocycles. The lowest BCUT2D eigenvalue weighted by Gasteiger charge is -2.35. The first kappa shape index (κ1) is 23.3. The fourth-order valence-electron chi connectivity index (χ4n) is 3.70. The Morgan fingerprint density at radius 1 is 1.12 bits per heavy atom. The predicted molar refractivity (Wildman–Crippen MR) is 128 cm³/mol. The van der Waals surface area contributed by atoms with Crippen molar-refractivity contribution in [3.8, 4) is 0 Å². The van der Waals surface area contributed by atoms with Gasteiger partial charge in [0.1, 0.15) is 0 Å². The Bertz CT molecular complexity index is 1110. The van der Waals surface area contributed by atoms with Crippen LogP contribution >= 0.6 is 23.4 Å². The van der Waals surface area contributed by atoms with Gasteiger partial charge in [0, 0.05) is 49.1 Å². The number of hydrogen-bond acceptors (Lipinski definition) is 6. The summed E-state index contributed by atoms with van der Waals surface area (Å²) in [6.45, 7) is 3.40. The summed E-state index contributed by atoms with van der Waals surface area (Å²) in [5.74, 6) is -0.454. The van der Waals surface area contributed by atoms with E-state index in [0.717, 1.165) is 5.56 Å². The van der Waals surface area contributed by atoms with E-state index in [1.807, 2.05) is 18.2 Å². The number of carbonyl (C=O) groups excluding carboxylic acids is 3. The number of piperazine rings is 1. The molecule has 1 aromatic carbocycles. The number of amidine groups is 1. The van der Waals surface area contributed by atoms with Crippen molar-refractivity contribution in [2.75, 3.05) is 26.2 Å². The maximum absolute atomic E-state index is 12.8. The molecule has 0 bridgehead atoms. The molecular formula is C23H23ClN4O4S. The maximum Gasteiger partial charge on any atom is 0.289 e. The fourth-order valence-corrected chi connectivity index (χ4v) is 4.75. The SMILES string of the molecule is CC1=NC(SCc2cccc(Cl)c2)=NC(=O)C1CC(=O)N1CCN(C(=O)c2ccco2)CC1. The summed E-state index contributed by atoms with van der Waals surface area (Å²) in [5.41, 5.74) is 1.60. The molecule has 1 fully saturated rings. The first-order valence-corrected chi connectivity index (χ1v) is 11.9. The molecule has 172 valence electrons. The molecule has 0 aliphatic carbocycles. The van der Waals surface area contributed by atoms with E-state index in [1.165, 1.54) is 18.0 Å². The van der Waals surface area contributed by atoms with Crippen LogP contribution in [-0.4, -0.2) is 64.6 Å². The third kappa shape index (κ3) is 5.72. The molecule has 10 heteroatoms. The topological polar surface area (TPSA) is 95.5 Å². The van der Waals surface area contributed by atoms with Gasteiger partial charge in [0.25, 0.3) is 11.8 Å². The summed E-state index contributed by atoms with van der Waals surface area (Å²) in [5, 5.41) is 1.05. The summed E-state index contributed by atoms with van der Waals surface area (Å²) in [7, 11) is 0. The fraction of sp³-hybridized carbons (Fsp3) is 0.348. The molecule has 2 aromatic rings. The standard InChI is InChI=1S/C23H23ClN4O4S/c1-15-18(21(30)26-23(25-15)33-14-16-4-2-5-17(24)12-16)13-20(29)27-7-9-28(10-8-27)22(31)19-6-3-11-32-19/h2-6,11-12,18H,7-10,13-14H2,1H3. The molecule has 1 unspecified atom stereocenters. The van der Waals surface area contributed by atoms with Gasteiger partial charge in [0.2, 0.25) is 5.91 Å². The Balaban J connectivity index is 1.28. The van der Waals surface area contributed by atoms with E-state index in [4.69, 9.17) is 16.0 Å². The molecule has 0 N–H and O–H groups in total. The van der Waals surface area contributed by atoms with Crippen molar-refractivity contribution in [2.24, 2.45) is 15.9 Å². The van der Waals surface area contributed by atoms with E-state index < -0.39 is 5.92 Å². The highest BCUT2D eigenvalue weighted by Gasteiger charge is 2.32. The average Bonchev–Trinajstić information content (AvgIpc) is 3.35. The van der Waals surface area contributed by atoms with Gasteiger partial charge in [0.15, 0.2) is 10.9 Å². The summed E-state index contributed by atoms with van der Waals surface area (Å²) in [6.07, 6.45) is 1.48. The monoisotopic (exact) mass is 486 g/mol. The van der Waals surface area contributed by atoms with E-state index in [-0.39, 0.29) is 29.9 Å². The molecule has 4 rings (SSSR count). The van der Waals surface area contributed by atoms with Crippen LogP contribution in [0.25, 0.3) is 0 Å². The Morgan fingerprint density at radius 2 is 1.88 bits per heavy atom. The van der Waals surface area contributed by atoms with Gasteiger partial charge >= 0.3 is 0 Å². The summed E-state index contributed by atoms with van der Waals surface area (Å²) in [6, 6.07) is 10.8. The van der Waals surface area contributed by atoms with E-state index >= 15 is 0 Å². The average molecular weight is 487 g/mol. The second-order valence-electron chi connectivity index (χ2n) is 7.81. The van der Waals surface area contributed by atoms with Gasteiger partial charge in [-0.3, -0.25) is 14.4 Å².